The Balaban J connectivity index is 1.91. The van der Waals surface area contributed by atoms with Crippen LogP contribution in [0.3, 0.4) is 0 Å². The minimum absolute atomic E-state index is 0.0623. The highest BCUT2D eigenvalue weighted by Crippen LogP contribution is 2.49. The fraction of sp³-hybridized carbons (Fsp3) is 0.667. The molecule has 3 atom stereocenters. The van der Waals surface area contributed by atoms with Crippen LogP contribution in [0.2, 0.25) is 0 Å². The molecule has 1 aromatic rings. The minimum atomic E-state index is -0.603. The fourth-order valence-corrected chi connectivity index (χ4v) is 5.03. The molecule has 0 unspecified atom stereocenters. The maximum atomic E-state index is 11.6. The first-order chi connectivity index (χ1) is 12.5. The predicted octanol–water partition coefficient (Wildman–Crippen LogP) is 2.69. The first kappa shape index (κ1) is 19.2. The van der Waals surface area contributed by atoms with E-state index in [-0.39, 0.29) is 24.4 Å². The molecule has 0 aromatic heterocycles. The predicted molar refractivity (Wildman–Crippen MR) is 105 cm³/mol. The third-order valence-corrected chi connectivity index (χ3v) is 6.39. The number of carbonyl (C=O) groups excluding carboxylic acids is 1. The molecule has 2 fully saturated rings. The van der Waals surface area contributed by atoms with E-state index in [2.05, 4.69) is 47.9 Å². The molecule has 1 heterocycles. The number of aliphatic hydroxyl groups is 1. The molecule has 1 saturated carbocycles. The van der Waals surface area contributed by atoms with Gasteiger partial charge >= 0.3 is 0 Å². The summed E-state index contributed by atoms with van der Waals surface area (Å²) in [6, 6.07) is 8.74. The standard InChI is InChI=1S/C21H33N3O2/c1-3-23(4-2)17-10-8-16(9-11-17)20-18-7-5-6-12-21(18,26)13-14-24(20)15-19(22)25/h8-11,18,20,26H,3-7,12-15H2,1-2H3,(H2,22,25)/t18-,20-,21-/m0/s1. The summed E-state index contributed by atoms with van der Waals surface area (Å²) in [4.78, 5) is 16.1. The van der Waals surface area contributed by atoms with E-state index in [0.717, 1.165) is 51.7 Å². The second kappa shape index (κ2) is 7.97. The smallest absolute Gasteiger partial charge is 0.231 e. The topological polar surface area (TPSA) is 69.8 Å². The Labute approximate surface area is 157 Å². The summed E-state index contributed by atoms with van der Waals surface area (Å²) < 4.78 is 0. The lowest BCUT2D eigenvalue weighted by Gasteiger charge is -2.52. The molecule has 1 amide bonds. The van der Waals surface area contributed by atoms with E-state index in [9.17, 15) is 9.90 Å². The Morgan fingerprint density at radius 3 is 2.54 bits per heavy atom. The van der Waals surface area contributed by atoms with Gasteiger partial charge in [0.05, 0.1) is 12.1 Å². The molecule has 0 bridgehead atoms. The lowest BCUT2D eigenvalue weighted by molar-refractivity contribution is -0.136. The van der Waals surface area contributed by atoms with Crippen molar-refractivity contribution in [3.8, 4) is 0 Å². The highest BCUT2D eigenvalue weighted by molar-refractivity contribution is 5.76. The number of carbonyl (C=O) groups is 1. The van der Waals surface area contributed by atoms with Crippen LogP contribution in [0.4, 0.5) is 5.69 Å². The SMILES string of the molecule is CCN(CC)c1ccc([C@H]2[C@@H]3CCCC[C@]3(O)CCN2CC(N)=O)cc1. The van der Waals surface area contributed by atoms with Crippen LogP contribution >= 0.6 is 0 Å². The highest BCUT2D eigenvalue weighted by atomic mass is 16.3. The van der Waals surface area contributed by atoms with E-state index in [1.165, 1.54) is 11.3 Å². The van der Waals surface area contributed by atoms with Crippen LogP contribution in [0, 0.1) is 5.92 Å². The van der Waals surface area contributed by atoms with E-state index in [1.54, 1.807) is 0 Å². The van der Waals surface area contributed by atoms with Gasteiger partial charge in [-0.1, -0.05) is 25.0 Å². The number of likely N-dealkylation sites (tertiary alicyclic amines) is 1. The Kier molecular flexibility index (Phi) is 5.88. The van der Waals surface area contributed by atoms with Crippen LogP contribution in [0.5, 0.6) is 0 Å². The van der Waals surface area contributed by atoms with E-state index >= 15 is 0 Å². The van der Waals surface area contributed by atoms with Gasteiger partial charge in [0.15, 0.2) is 0 Å². The summed E-state index contributed by atoms with van der Waals surface area (Å²) in [7, 11) is 0. The number of hydrogen-bond acceptors (Lipinski definition) is 4. The number of fused-ring (bicyclic) bond motifs is 1. The lowest BCUT2D eigenvalue weighted by atomic mass is 9.66. The van der Waals surface area contributed by atoms with Crippen LogP contribution in [0.1, 0.15) is 57.6 Å². The Morgan fingerprint density at radius 1 is 1.23 bits per heavy atom. The molecule has 0 radical (unpaired) electrons. The van der Waals surface area contributed by atoms with Gasteiger partial charge in [-0.25, -0.2) is 0 Å². The van der Waals surface area contributed by atoms with E-state index in [1.807, 2.05) is 0 Å². The van der Waals surface area contributed by atoms with Gasteiger partial charge in [0.25, 0.3) is 0 Å². The number of nitrogens with zero attached hydrogens (tertiary/aromatic N) is 2. The first-order valence-electron chi connectivity index (χ1n) is 10.1. The number of piperidine rings is 1. The number of rotatable bonds is 6. The second-order valence-corrected chi connectivity index (χ2v) is 7.85. The summed E-state index contributed by atoms with van der Waals surface area (Å²) in [5, 5.41) is 11.2. The van der Waals surface area contributed by atoms with Crippen molar-refractivity contribution in [1.82, 2.24) is 4.90 Å². The number of benzene rings is 1. The zero-order chi connectivity index (χ0) is 18.7. The van der Waals surface area contributed by atoms with Crippen molar-refractivity contribution in [3.63, 3.8) is 0 Å². The zero-order valence-corrected chi connectivity index (χ0v) is 16.2. The van der Waals surface area contributed by atoms with Crippen molar-refractivity contribution in [2.75, 3.05) is 31.1 Å². The Bertz CT molecular complexity index is 614. The number of amides is 1. The molecule has 5 heteroatoms. The highest BCUT2D eigenvalue weighted by Gasteiger charge is 2.49. The molecule has 1 aliphatic heterocycles. The number of nitrogens with two attached hydrogens (primary N) is 1. The van der Waals surface area contributed by atoms with Crippen molar-refractivity contribution >= 4 is 11.6 Å². The molecule has 1 aromatic carbocycles. The normalized spacial score (nSPS) is 29.2. The zero-order valence-electron chi connectivity index (χ0n) is 16.2. The van der Waals surface area contributed by atoms with Crippen LogP contribution in [-0.4, -0.2) is 47.7 Å². The molecule has 1 saturated heterocycles. The molecule has 3 N–H and O–H groups in total. The summed E-state index contributed by atoms with van der Waals surface area (Å²) >= 11 is 0. The van der Waals surface area contributed by atoms with Crippen LogP contribution in [-0.2, 0) is 4.79 Å². The van der Waals surface area contributed by atoms with Crippen LogP contribution in [0.15, 0.2) is 24.3 Å². The van der Waals surface area contributed by atoms with Crippen LogP contribution < -0.4 is 10.6 Å². The molecule has 3 rings (SSSR count). The monoisotopic (exact) mass is 359 g/mol. The summed E-state index contributed by atoms with van der Waals surface area (Å²) in [5.74, 6) is -0.125. The summed E-state index contributed by atoms with van der Waals surface area (Å²) in [6.07, 6.45) is 4.85. The van der Waals surface area contributed by atoms with Crippen molar-refractivity contribution in [2.45, 2.75) is 57.6 Å². The molecule has 144 valence electrons. The number of hydrogen-bond donors (Lipinski definition) is 2. The van der Waals surface area contributed by atoms with Crippen molar-refractivity contribution in [1.29, 1.82) is 0 Å². The maximum Gasteiger partial charge on any atom is 0.231 e. The van der Waals surface area contributed by atoms with Gasteiger partial charge in [-0.3, -0.25) is 9.69 Å². The van der Waals surface area contributed by atoms with Gasteiger partial charge in [-0.05, 0) is 50.8 Å². The average Bonchev–Trinajstić information content (AvgIpc) is 2.63. The van der Waals surface area contributed by atoms with Gasteiger partial charge in [0.2, 0.25) is 5.91 Å². The van der Waals surface area contributed by atoms with Gasteiger partial charge < -0.3 is 15.7 Å². The largest absolute Gasteiger partial charge is 0.389 e. The summed E-state index contributed by atoms with van der Waals surface area (Å²) in [6.45, 7) is 7.27. The second-order valence-electron chi connectivity index (χ2n) is 7.85. The molecule has 2 aliphatic rings. The molecule has 0 spiro atoms. The van der Waals surface area contributed by atoms with Gasteiger partial charge in [-0.2, -0.15) is 0 Å². The molecule has 26 heavy (non-hydrogen) atoms. The maximum absolute atomic E-state index is 11.6. The van der Waals surface area contributed by atoms with Crippen LogP contribution in [0.25, 0.3) is 0 Å². The van der Waals surface area contributed by atoms with E-state index in [0.29, 0.717) is 0 Å². The number of primary amides is 1. The third kappa shape index (κ3) is 3.74. The van der Waals surface area contributed by atoms with Crippen molar-refractivity contribution in [2.24, 2.45) is 11.7 Å². The third-order valence-electron chi connectivity index (χ3n) is 6.39. The molecule has 5 nitrogen and oxygen atoms in total. The average molecular weight is 360 g/mol. The lowest BCUT2D eigenvalue weighted by Crippen LogP contribution is -2.56. The molecular formula is C21H33N3O2. The van der Waals surface area contributed by atoms with Gasteiger partial charge in [0.1, 0.15) is 0 Å². The van der Waals surface area contributed by atoms with E-state index < -0.39 is 5.60 Å². The summed E-state index contributed by atoms with van der Waals surface area (Å²) in [5.41, 5.74) is 7.32. The quantitative estimate of drug-likeness (QED) is 0.819. The number of anilines is 1. The minimum Gasteiger partial charge on any atom is -0.389 e. The van der Waals surface area contributed by atoms with E-state index in [4.69, 9.17) is 5.73 Å². The molecule has 1 aliphatic carbocycles. The first-order valence-corrected chi connectivity index (χ1v) is 10.1. The van der Waals surface area contributed by atoms with Crippen molar-refractivity contribution < 1.29 is 9.90 Å². The Hall–Kier alpha value is -1.59. The van der Waals surface area contributed by atoms with Gasteiger partial charge in [-0.15, -0.1) is 0 Å². The Morgan fingerprint density at radius 2 is 1.92 bits per heavy atom. The fourth-order valence-electron chi connectivity index (χ4n) is 5.03. The van der Waals surface area contributed by atoms with Gasteiger partial charge in [0, 0.05) is 37.3 Å². The van der Waals surface area contributed by atoms with Crippen molar-refractivity contribution in [3.05, 3.63) is 29.8 Å². The molecular weight excluding hydrogens is 326 g/mol.